The van der Waals surface area contributed by atoms with Crippen LogP contribution in [0.1, 0.15) is 11.1 Å². The number of hydrogen-bond donors (Lipinski definition) is 1. The molecule has 6 nitrogen and oxygen atoms in total. The molecule has 0 spiro atoms. The summed E-state index contributed by atoms with van der Waals surface area (Å²) in [4.78, 5) is -0.265. The number of hydrogen-bond acceptors (Lipinski definition) is 5. The third-order valence-electron chi connectivity index (χ3n) is 3.87. The van der Waals surface area contributed by atoms with Crippen molar-refractivity contribution in [2.75, 3.05) is 0 Å². The minimum atomic E-state index is -4.57. The number of amidine groups is 1. The van der Waals surface area contributed by atoms with Crippen LogP contribution in [-0.4, -0.2) is 26.6 Å². The van der Waals surface area contributed by atoms with E-state index in [1.807, 2.05) is 4.72 Å². The number of nitrogens with zero attached hydrogens (tertiary/aromatic N) is 1. The lowest BCUT2D eigenvalue weighted by Crippen LogP contribution is -2.28. The van der Waals surface area contributed by atoms with Crippen molar-refractivity contribution in [1.29, 1.82) is 0 Å². The highest BCUT2D eigenvalue weighted by molar-refractivity contribution is 8.26. The molecule has 162 valence electrons. The van der Waals surface area contributed by atoms with Gasteiger partial charge in [-0.05, 0) is 29.8 Å². The molecule has 2 aromatic rings. The second-order valence-corrected chi connectivity index (χ2v) is 11.8. The van der Waals surface area contributed by atoms with Gasteiger partial charge in [0.15, 0.2) is 5.17 Å². The first-order valence-corrected chi connectivity index (χ1v) is 12.5. The van der Waals surface area contributed by atoms with E-state index in [1.54, 1.807) is 0 Å². The van der Waals surface area contributed by atoms with E-state index in [0.717, 1.165) is 18.2 Å². The van der Waals surface area contributed by atoms with Crippen LogP contribution < -0.4 is 4.72 Å². The highest BCUT2D eigenvalue weighted by Crippen LogP contribution is 2.34. The summed E-state index contributed by atoms with van der Waals surface area (Å²) >= 11 is 12.1. The van der Waals surface area contributed by atoms with Gasteiger partial charge < -0.3 is 0 Å². The molecule has 1 unspecified atom stereocenters. The van der Waals surface area contributed by atoms with E-state index in [4.69, 9.17) is 23.2 Å². The second kappa shape index (κ2) is 8.23. The van der Waals surface area contributed by atoms with Crippen molar-refractivity contribution in [3.05, 3.63) is 63.6 Å². The average molecular weight is 519 g/mol. The molecule has 30 heavy (non-hydrogen) atoms. The van der Waals surface area contributed by atoms with Gasteiger partial charge in [-0.2, -0.15) is 13.2 Å². The van der Waals surface area contributed by atoms with E-state index in [2.05, 4.69) is 4.40 Å². The lowest BCUT2D eigenvalue weighted by Gasteiger charge is -2.11. The fraction of sp³-hybridized carbons (Fsp3) is 0.188. The monoisotopic (exact) mass is 518 g/mol. The maximum Gasteiger partial charge on any atom is 0.416 e. The minimum Gasteiger partial charge on any atom is -0.257 e. The Morgan fingerprint density at radius 1 is 1.10 bits per heavy atom. The van der Waals surface area contributed by atoms with Crippen LogP contribution in [0.3, 0.4) is 0 Å². The molecule has 2 aromatic carbocycles. The van der Waals surface area contributed by atoms with Crippen LogP contribution in [0.5, 0.6) is 0 Å². The molecular formula is C16H11Cl2F3N2O4S3. The maximum absolute atomic E-state index is 12.9. The summed E-state index contributed by atoms with van der Waals surface area (Å²) in [6.07, 6.45) is -4.87. The predicted octanol–water partition coefficient (Wildman–Crippen LogP) is 4.29. The van der Waals surface area contributed by atoms with Crippen LogP contribution in [0.25, 0.3) is 0 Å². The molecule has 1 N–H and O–H groups in total. The first-order chi connectivity index (χ1) is 13.8. The summed E-state index contributed by atoms with van der Waals surface area (Å²) in [5.74, 6) is 0. The number of thioether (sulfide) groups is 1. The first-order valence-electron chi connectivity index (χ1n) is 7.92. The molecule has 14 heteroatoms. The fourth-order valence-corrected chi connectivity index (χ4v) is 7.01. The Balaban J connectivity index is 1.79. The molecule has 1 heterocycles. The molecule has 3 rings (SSSR count). The van der Waals surface area contributed by atoms with E-state index in [9.17, 15) is 30.0 Å². The number of rotatable bonds is 4. The Bertz CT molecular complexity index is 1230. The molecule has 0 saturated heterocycles. The zero-order valence-electron chi connectivity index (χ0n) is 14.5. The SMILES string of the molecule is O=S(=O)(NC1=NS(=O)(=O)C(Cc2cccc(C(F)(F)F)c2)S1)c1ccc(Cl)c(Cl)c1. The number of alkyl halides is 3. The molecule has 1 atom stereocenters. The Morgan fingerprint density at radius 3 is 2.43 bits per heavy atom. The van der Waals surface area contributed by atoms with Gasteiger partial charge in [0, 0.05) is 6.42 Å². The zero-order chi connectivity index (χ0) is 22.3. The molecule has 0 bridgehead atoms. The lowest BCUT2D eigenvalue weighted by molar-refractivity contribution is -0.137. The summed E-state index contributed by atoms with van der Waals surface area (Å²) in [6.45, 7) is 0. The normalized spacial score (nSPS) is 18.8. The molecule has 0 aromatic heterocycles. The molecular weight excluding hydrogens is 508 g/mol. The maximum atomic E-state index is 12.9. The van der Waals surface area contributed by atoms with Crippen LogP contribution in [0.2, 0.25) is 10.0 Å². The fourth-order valence-electron chi connectivity index (χ4n) is 2.46. The van der Waals surface area contributed by atoms with Crippen molar-refractivity contribution in [2.24, 2.45) is 4.40 Å². The third kappa shape index (κ3) is 5.22. The zero-order valence-corrected chi connectivity index (χ0v) is 18.5. The van der Waals surface area contributed by atoms with Gasteiger partial charge in [0.05, 0.1) is 20.5 Å². The minimum absolute atomic E-state index is 0.0180. The van der Waals surface area contributed by atoms with Crippen molar-refractivity contribution in [2.45, 2.75) is 22.1 Å². The Kier molecular flexibility index (Phi) is 6.36. The topological polar surface area (TPSA) is 92.7 Å². The van der Waals surface area contributed by atoms with Crippen molar-refractivity contribution in [3.8, 4) is 0 Å². The van der Waals surface area contributed by atoms with E-state index >= 15 is 0 Å². The van der Waals surface area contributed by atoms with Gasteiger partial charge in [-0.15, -0.1) is 4.40 Å². The van der Waals surface area contributed by atoms with Crippen LogP contribution in [0.15, 0.2) is 51.8 Å². The van der Waals surface area contributed by atoms with Crippen LogP contribution in [0, 0.1) is 0 Å². The van der Waals surface area contributed by atoms with Crippen LogP contribution >= 0.6 is 35.0 Å². The molecule has 1 aliphatic rings. The molecule has 0 fully saturated rings. The average Bonchev–Trinajstić information content (AvgIpc) is 2.89. The molecule has 0 amide bonds. The number of nitrogens with one attached hydrogen (secondary N) is 1. The van der Waals surface area contributed by atoms with Gasteiger partial charge in [0.1, 0.15) is 4.58 Å². The second-order valence-electron chi connectivity index (χ2n) is 6.04. The summed E-state index contributed by atoms with van der Waals surface area (Å²) in [7, 11) is -8.37. The van der Waals surface area contributed by atoms with Gasteiger partial charge in [-0.1, -0.05) is 53.2 Å². The van der Waals surface area contributed by atoms with Gasteiger partial charge in [-0.3, -0.25) is 4.72 Å². The highest BCUT2D eigenvalue weighted by Gasteiger charge is 2.37. The standard InChI is InChI=1S/C16H11Cl2F3N2O4S3/c17-12-5-4-11(8-13(12)18)29(24,25)22-15-23-30(26,27)14(28-15)7-9-2-1-3-10(6-9)16(19,20)21/h1-6,8,14H,7H2,(H,22,23). The quantitative estimate of drug-likeness (QED) is 0.651. The Labute approximate surface area is 184 Å². The van der Waals surface area contributed by atoms with Crippen molar-refractivity contribution in [1.82, 2.24) is 4.72 Å². The van der Waals surface area contributed by atoms with E-state index in [-0.39, 0.29) is 26.9 Å². The van der Waals surface area contributed by atoms with E-state index < -0.39 is 41.5 Å². The molecule has 1 aliphatic heterocycles. The van der Waals surface area contributed by atoms with Gasteiger partial charge >= 0.3 is 6.18 Å². The number of benzene rings is 2. The Hall–Kier alpha value is -1.47. The largest absolute Gasteiger partial charge is 0.416 e. The van der Waals surface area contributed by atoms with Gasteiger partial charge in [0.25, 0.3) is 20.0 Å². The smallest absolute Gasteiger partial charge is 0.257 e. The molecule has 0 saturated carbocycles. The highest BCUT2D eigenvalue weighted by atomic mass is 35.5. The Morgan fingerprint density at radius 2 is 1.80 bits per heavy atom. The van der Waals surface area contributed by atoms with E-state index in [0.29, 0.717) is 11.8 Å². The predicted molar refractivity (Wildman–Crippen MR) is 110 cm³/mol. The summed E-state index contributed by atoms with van der Waals surface area (Å²) < 4.78 is 92.2. The van der Waals surface area contributed by atoms with E-state index in [1.165, 1.54) is 24.3 Å². The van der Waals surface area contributed by atoms with Gasteiger partial charge in [-0.25, -0.2) is 16.8 Å². The van der Waals surface area contributed by atoms with Crippen LogP contribution in [0.4, 0.5) is 13.2 Å². The van der Waals surface area contributed by atoms with Crippen molar-refractivity contribution < 1.29 is 30.0 Å². The summed E-state index contributed by atoms with van der Waals surface area (Å²) in [5.41, 5.74) is -0.795. The third-order valence-corrected chi connectivity index (χ3v) is 9.32. The molecule has 0 aliphatic carbocycles. The van der Waals surface area contributed by atoms with Crippen LogP contribution in [-0.2, 0) is 32.6 Å². The lowest BCUT2D eigenvalue weighted by atomic mass is 10.1. The number of sulfonamides is 2. The van der Waals surface area contributed by atoms with Gasteiger partial charge in [0.2, 0.25) is 0 Å². The summed E-state index contributed by atoms with van der Waals surface area (Å²) in [5, 5.41) is -0.305. The summed E-state index contributed by atoms with van der Waals surface area (Å²) in [6, 6.07) is 7.74. The molecule has 0 radical (unpaired) electrons. The van der Waals surface area contributed by atoms with Crippen molar-refractivity contribution >= 4 is 60.2 Å². The van der Waals surface area contributed by atoms with Crippen molar-refractivity contribution in [3.63, 3.8) is 0 Å². The number of halogens is 5. The first kappa shape index (κ1) is 23.2.